The van der Waals surface area contributed by atoms with Gasteiger partial charge in [0.15, 0.2) is 5.78 Å². The third-order valence-electron chi connectivity index (χ3n) is 3.93. The van der Waals surface area contributed by atoms with Gasteiger partial charge >= 0.3 is 0 Å². The van der Waals surface area contributed by atoms with Crippen LogP contribution in [-0.4, -0.2) is 35.7 Å². The Morgan fingerprint density at radius 2 is 1.92 bits per heavy atom. The number of nitro groups is 1. The molecule has 6 nitrogen and oxygen atoms in total. The fourth-order valence-electron chi connectivity index (χ4n) is 2.60. The first-order chi connectivity index (χ1) is 12.0. The summed E-state index contributed by atoms with van der Waals surface area (Å²) in [5.74, 6) is -0.183. The summed E-state index contributed by atoms with van der Waals surface area (Å²) in [7, 11) is 2.05. The maximum absolute atomic E-state index is 11.4. The summed E-state index contributed by atoms with van der Waals surface area (Å²) >= 11 is 0. The van der Waals surface area contributed by atoms with Gasteiger partial charge in [-0.15, -0.1) is 0 Å². The average Bonchev–Trinajstić information content (AvgIpc) is 2.59. The van der Waals surface area contributed by atoms with Crippen molar-refractivity contribution in [3.63, 3.8) is 0 Å². The Labute approximate surface area is 147 Å². The van der Waals surface area contributed by atoms with E-state index in [4.69, 9.17) is 0 Å². The Morgan fingerprint density at radius 3 is 2.56 bits per heavy atom. The first-order valence-corrected chi connectivity index (χ1v) is 8.23. The number of Topliss-reactive ketones (excluding diaryl/α,β-unsaturated/α-hetero) is 1. The van der Waals surface area contributed by atoms with Gasteiger partial charge in [-0.2, -0.15) is 0 Å². The number of carbonyl (C=O) groups excluding carboxylic acids is 1. The Bertz CT molecular complexity index is 732. The minimum Gasteiger partial charge on any atom is -0.379 e. The molecule has 0 bridgehead atoms. The van der Waals surface area contributed by atoms with Crippen LogP contribution in [0, 0.1) is 10.1 Å². The molecule has 0 unspecified atom stereocenters. The molecule has 6 heteroatoms. The van der Waals surface area contributed by atoms with Crippen LogP contribution in [0.2, 0.25) is 0 Å². The van der Waals surface area contributed by atoms with Crippen LogP contribution >= 0.6 is 0 Å². The normalized spacial score (nSPS) is 10.7. The summed E-state index contributed by atoms with van der Waals surface area (Å²) in [6, 6.07) is 14.8. The number of nitrogens with one attached hydrogen (secondary N) is 1. The molecule has 0 saturated heterocycles. The number of ketones is 1. The summed E-state index contributed by atoms with van der Waals surface area (Å²) < 4.78 is 0. The van der Waals surface area contributed by atoms with Crippen molar-refractivity contribution in [2.45, 2.75) is 19.9 Å². The van der Waals surface area contributed by atoms with Crippen molar-refractivity contribution in [3.05, 3.63) is 69.8 Å². The van der Waals surface area contributed by atoms with Gasteiger partial charge in [0, 0.05) is 24.7 Å². The van der Waals surface area contributed by atoms with E-state index in [0.29, 0.717) is 17.8 Å². The largest absolute Gasteiger partial charge is 0.379 e. The Balaban J connectivity index is 1.85. The Morgan fingerprint density at radius 1 is 1.20 bits per heavy atom. The maximum Gasteiger partial charge on any atom is 0.293 e. The van der Waals surface area contributed by atoms with Crippen molar-refractivity contribution in [2.24, 2.45) is 0 Å². The van der Waals surface area contributed by atoms with E-state index in [-0.39, 0.29) is 11.5 Å². The third kappa shape index (κ3) is 5.69. The second-order valence-corrected chi connectivity index (χ2v) is 6.05. The summed E-state index contributed by atoms with van der Waals surface area (Å²) in [6.45, 7) is 3.77. The molecule has 0 saturated carbocycles. The fourth-order valence-corrected chi connectivity index (χ4v) is 2.60. The van der Waals surface area contributed by atoms with E-state index in [2.05, 4.69) is 29.4 Å². The molecule has 2 aromatic rings. The molecule has 0 aliphatic heterocycles. The van der Waals surface area contributed by atoms with E-state index >= 15 is 0 Å². The number of nitro benzene ring substituents is 1. The van der Waals surface area contributed by atoms with Crippen molar-refractivity contribution < 1.29 is 9.72 Å². The topological polar surface area (TPSA) is 75.5 Å². The highest BCUT2D eigenvalue weighted by atomic mass is 16.6. The first-order valence-electron chi connectivity index (χ1n) is 8.23. The summed E-state index contributed by atoms with van der Waals surface area (Å²) in [5.41, 5.74) is 1.99. The summed E-state index contributed by atoms with van der Waals surface area (Å²) in [5, 5.41) is 14.3. The summed E-state index contributed by atoms with van der Waals surface area (Å²) in [6.07, 6.45) is 0.856. The number of hydrogen-bond donors (Lipinski definition) is 1. The minimum atomic E-state index is -0.462. The van der Waals surface area contributed by atoms with Crippen molar-refractivity contribution in [2.75, 3.05) is 25.5 Å². The Kier molecular flexibility index (Phi) is 6.65. The highest BCUT2D eigenvalue weighted by Gasteiger charge is 2.15. The molecular formula is C19H23N3O3. The van der Waals surface area contributed by atoms with Crippen molar-refractivity contribution in [3.8, 4) is 0 Å². The molecule has 25 heavy (non-hydrogen) atoms. The van der Waals surface area contributed by atoms with Crippen LogP contribution < -0.4 is 5.32 Å². The average molecular weight is 341 g/mol. The minimum absolute atomic E-state index is 0.0645. The van der Waals surface area contributed by atoms with Gasteiger partial charge in [0.25, 0.3) is 5.69 Å². The van der Waals surface area contributed by atoms with E-state index in [1.165, 1.54) is 18.6 Å². The van der Waals surface area contributed by atoms with Gasteiger partial charge in [-0.1, -0.05) is 30.3 Å². The maximum atomic E-state index is 11.4. The fraction of sp³-hybridized carbons (Fsp3) is 0.316. The first kappa shape index (κ1) is 18.6. The van der Waals surface area contributed by atoms with Crippen molar-refractivity contribution >= 4 is 17.2 Å². The number of benzene rings is 2. The van der Waals surface area contributed by atoms with Gasteiger partial charge in [0.2, 0.25) is 0 Å². The lowest BCUT2D eigenvalue weighted by Crippen LogP contribution is -2.21. The predicted octanol–water partition coefficient (Wildman–Crippen LogP) is 3.73. The SMILES string of the molecule is CC(=O)c1ccc(NCCCN(C)Cc2ccccc2)c([N+](=O)[O-])c1. The molecule has 1 N–H and O–H groups in total. The highest BCUT2D eigenvalue weighted by molar-refractivity contribution is 5.95. The lowest BCUT2D eigenvalue weighted by atomic mass is 10.1. The molecule has 0 atom stereocenters. The molecule has 0 heterocycles. The molecule has 0 aliphatic carbocycles. The quantitative estimate of drug-likeness (QED) is 0.325. The zero-order valence-electron chi connectivity index (χ0n) is 14.6. The number of carbonyl (C=O) groups is 1. The zero-order valence-corrected chi connectivity index (χ0v) is 14.6. The van der Waals surface area contributed by atoms with E-state index in [1.54, 1.807) is 12.1 Å². The monoisotopic (exact) mass is 341 g/mol. The number of anilines is 1. The van der Waals surface area contributed by atoms with Crippen LogP contribution in [-0.2, 0) is 6.54 Å². The van der Waals surface area contributed by atoms with Crippen molar-refractivity contribution in [1.29, 1.82) is 0 Å². The van der Waals surface area contributed by atoms with Crippen LogP contribution in [0.5, 0.6) is 0 Å². The Hall–Kier alpha value is -2.73. The van der Waals surface area contributed by atoms with Gasteiger partial charge in [-0.25, -0.2) is 0 Å². The molecular weight excluding hydrogens is 318 g/mol. The molecule has 132 valence electrons. The van der Waals surface area contributed by atoms with Crippen LogP contribution in [0.15, 0.2) is 48.5 Å². The van der Waals surface area contributed by atoms with E-state index < -0.39 is 4.92 Å². The van der Waals surface area contributed by atoms with Gasteiger partial charge in [-0.05, 0) is 44.6 Å². The lowest BCUT2D eigenvalue weighted by molar-refractivity contribution is -0.384. The van der Waals surface area contributed by atoms with Crippen LogP contribution in [0.25, 0.3) is 0 Å². The molecule has 0 radical (unpaired) electrons. The van der Waals surface area contributed by atoms with E-state index in [1.807, 2.05) is 18.2 Å². The zero-order chi connectivity index (χ0) is 18.2. The van der Waals surface area contributed by atoms with E-state index in [0.717, 1.165) is 19.5 Å². The molecule has 2 rings (SSSR count). The standard InChI is InChI=1S/C19H23N3O3/c1-15(23)17-9-10-18(19(13-17)22(24)25)20-11-6-12-21(2)14-16-7-4-3-5-8-16/h3-5,7-10,13,20H,6,11-12,14H2,1-2H3. The second kappa shape index (κ2) is 8.94. The van der Waals surface area contributed by atoms with Gasteiger partial charge in [0.05, 0.1) is 4.92 Å². The van der Waals surface area contributed by atoms with Crippen LogP contribution in [0.3, 0.4) is 0 Å². The smallest absolute Gasteiger partial charge is 0.293 e. The summed E-state index contributed by atoms with van der Waals surface area (Å²) in [4.78, 5) is 24.3. The van der Waals surface area contributed by atoms with Crippen molar-refractivity contribution in [1.82, 2.24) is 4.90 Å². The second-order valence-electron chi connectivity index (χ2n) is 6.05. The third-order valence-corrected chi connectivity index (χ3v) is 3.93. The van der Waals surface area contributed by atoms with Gasteiger partial charge in [0.1, 0.15) is 5.69 Å². The van der Waals surface area contributed by atoms with E-state index in [9.17, 15) is 14.9 Å². The molecule has 0 fully saturated rings. The molecule has 0 amide bonds. The molecule has 0 aromatic heterocycles. The highest BCUT2D eigenvalue weighted by Crippen LogP contribution is 2.25. The predicted molar refractivity (Wildman–Crippen MR) is 99.0 cm³/mol. The van der Waals surface area contributed by atoms with Gasteiger partial charge in [-0.3, -0.25) is 14.9 Å². The van der Waals surface area contributed by atoms with Crippen LogP contribution in [0.1, 0.15) is 29.3 Å². The van der Waals surface area contributed by atoms with Crippen LogP contribution in [0.4, 0.5) is 11.4 Å². The molecule has 2 aromatic carbocycles. The number of rotatable bonds is 9. The lowest BCUT2D eigenvalue weighted by Gasteiger charge is -2.17. The molecule has 0 spiro atoms. The number of hydrogen-bond acceptors (Lipinski definition) is 5. The molecule has 0 aliphatic rings. The van der Waals surface area contributed by atoms with Gasteiger partial charge < -0.3 is 10.2 Å². The number of nitrogens with zero attached hydrogens (tertiary/aromatic N) is 2.